The first-order valence-electron chi connectivity index (χ1n) is 7.28. The summed E-state index contributed by atoms with van der Waals surface area (Å²) >= 11 is 6.11. The van der Waals surface area contributed by atoms with Gasteiger partial charge in [-0.2, -0.15) is 0 Å². The van der Waals surface area contributed by atoms with Crippen molar-refractivity contribution in [3.8, 4) is 5.75 Å². The number of carbonyl (C=O) groups excluding carboxylic acids is 1. The number of hydrogen-bond donors (Lipinski definition) is 2. The Labute approximate surface area is 133 Å². The van der Waals surface area contributed by atoms with Crippen LogP contribution in [0.25, 0.3) is 0 Å². The number of aliphatic carboxylic acids is 1. The fraction of sp³-hybridized carbons (Fsp3) is 0.500. The summed E-state index contributed by atoms with van der Waals surface area (Å²) in [6.45, 7) is 4.09. The third-order valence-electron chi connectivity index (χ3n) is 4.72. The van der Waals surface area contributed by atoms with Gasteiger partial charge in [-0.15, -0.1) is 0 Å². The van der Waals surface area contributed by atoms with Crippen molar-refractivity contribution < 1.29 is 19.4 Å². The van der Waals surface area contributed by atoms with Crippen molar-refractivity contribution in [2.24, 2.45) is 17.3 Å². The van der Waals surface area contributed by atoms with Crippen LogP contribution >= 0.6 is 11.6 Å². The largest absolute Gasteiger partial charge is 0.492 e. The van der Waals surface area contributed by atoms with Gasteiger partial charge >= 0.3 is 5.97 Å². The number of fused-ring (bicyclic) bond motifs is 1. The fourth-order valence-corrected chi connectivity index (χ4v) is 3.62. The average Bonchev–Trinajstić information content (AvgIpc) is 3.03. The SMILES string of the molecule is CC1(C)[C@H](C(=O)O)[C@@H]1C(=O)NC1CCOc2c(Cl)cccc21. The third-order valence-corrected chi connectivity index (χ3v) is 5.02. The van der Waals surface area contributed by atoms with Gasteiger partial charge in [0, 0.05) is 12.0 Å². The normalized spacial score (nSPS) is 28.2. The maximum absolute atomic E-state index is 12.5. The molecule has 118 valence electrons. The van der Waals surface area contributed by atoms with Crippen LogP contribution in [0.3, 0.4) is 0 Å². The minimum absolute atomic E-state index is 0.194. The molecule has 1 heterocycles. The molecule has 1 aromatic carbocycles. The zero-order valence-corrected chi connectivity index (χ0v) is 13.2. The van der Waals surface area contributed by atoms with Crippen LogP contribution in [0.15, 0.2) is 18.2 Å². The van der Waals surface area contributed by atoms with E-state index in [2.05, 4.69) is 5.32 Å². The maximum Gasteiger partial charge on any atom is 0.307 e. The zero-order valence-electron chi connectivity index (χ0n) is 12.4. The highest BCUT2D eigenvalue weighted by atomic mass is 35.5. The number of benzene rings is 1. The standard InChI is InChI=1S/C16H18ClNO4/c1-16(2)11(12(16)15(20)21)14(19)18-10-6-7-22-13-8(10)4-3-5-9(13)17/h3-5,10-12H,6-7H2,1-2H3,(H,18,19)(H,20,21)/t10?,11-,12+/m1/s1. The van der Waals surface area contributed by atoms with Crippen LogP contribution in [-0.4, -0.2) is 23.6 Å². The Balaban J connectivity index is 1.77. The van der Waals surface area contributed by atoms with Crippen LogP contribution < -0.4 is 10.1 Å². The molecule has 0 aromatic heterocycles. The highest BCUT2D eigenvalue weighted by molar-refractivity contribution is 6.32. The van der Waals surface area contributed by atoms with E-state index in [1.54, 1.807) is 6.07 Å². The summed E-state index contributed by atoms with van der Waals surface area (Å²) < 4.78 is 5.57. The highest BCUT2D eigenvalue weighted by Crippen LogP contribution is 2.58. The monoisotopic (exact) mass is 323 g/mol. The second-order valence-corrected chi connectivity index (χ2v) is 6.88. The van der Waals surface area contributed by atoms with Crippen molar-refractivity contribution in [3.63, 3.8) is 0 Å². The minimum atomic E-state index is -0.916. The summed E-state index contributed by atoms with van der Waals surface area (Å²) in [5.41, 5.74) is 0.343. The second-order valence-electron chi connectivity index (χ2n) is 6.47. The molecule has 1 amide bonds. The lowest BCUT2D eigenvalue weighted by atomic mass is 10.00. The first-order chi connectivity index (χ1) is 10.3. The van der Waals surface area contributed by atoms with Crippen LogP contribution in [0.1, 0.15) is 31.9 Å². The fourth-order valence-electron chi connectivity index (χ4n) is 3.39. The van der Waals surface area contributed by atoms with E-state index in [0.717, 1.165) is 5.56 Å². The van der Waals surface area contributed by atoms with Gasteiger partial charge in [0.25, 0.3) is 0 Å². The van der Waals surface area contributed by atoms with Crippen molar-refractivity contribution in [3.05, 3.63) is 28.8 Å². The van der Waals surface area contributed by atoms with Crippen molar-refractivity contribution in [1.29, 1.82) is 0 Å². The molecular weight excluding hydrogens is 306 g/mol. The van der Waals surface area contributed by atoms with Crippen LogP contribution in [0, 0.1) is 17.3 Å². The van der Waals surface area contributed by atoms with E-state index < -0.39 is 23.2 Å². The summed E-state index contributed by atoms with van der Waals surface area (Å²) in [5, 5.41) is 12.7. The lowest BCUT2D eigenvalue weighted by Crippen LogP contribution is -2.34. The molecule has 0 saturated heterocycles. The number of rotatable bonds is 3. The minimum Gasteiger partial charge on any atom is -0.492 e. The summed E-state index contributed by atoms with van der Waals surface area (Å²) in [6.07, 6.45) is 0.643. The molecule has 1 aliphatic carbocycles. The molecule has 3 atom stereocenters. The topological polar surface area (TPSA) is 75.6 Å². The van der Waals surface area contributed by atoms with Crippen LogP contribution in [0.5, 0.6) is 5.75 Å². The smallest absolute Gasteiger partial charge is 0.307 e. The number of hydrogen-bond acceptors (Lipinski definition) is 3. The number of carboxylic acid groups (broad SMARTS) is 1. The predicted molar refractivity (Wildman–Crippen MR) is 80.8 cm³/mol. The highest BCUT2D eigenvalue weighted by Gasteiger charge is 2.66. The molecule has 3 rings (SSSR count). The van der Waals surface area contributed by atoms with Gasteiger partial charge in [-0.3, -0.25) is 9.59 Å². The molecule has 1 unspecified atom stereocenters. The van der Waals surface area contributed by atoms with Crippen molar-refractivity contribution in [2.75, 3.05) is 6.61 Å². The van der Waals surface area contributed by atoms with Gasteiger partial charge in [0.2, 0.25) is 5.91 Å². The first kappa shape index (κ1) is 15.2. The molecule has 1 aliphatic heterocycles. The number of para-hydroxylation sites is 1. The molecule has 0 spiro atoms. The van der Waals surface area contributed by atoms with Gasteiger partial charge < -0.3 is 15.2 Å². The van der Waals surface area contributed by atoms with Crippen LogP contribution in [-0.2, 0) is 9.59 Å². The summed E-state index contributed by atoms with van der Waals surface area (Å²) in [5.74, 6) is -1.64. The third kappa shape index (κ3) is 2.33. The van der Waals surface area contributed by atoms with Gasteiger partial charge in [0.05, 0.1) is 29.5 Å². The Morgan fingerprint density at radius 3 is 2.73 bits per heavy atom. The van der Waals surface area contributed by atoms with E-state index in [4.69, 9.17) is 16.3 Å². The quantitative estimate of drug-likeness (QED) is 0.896. The molecule has 1 fully saturated rings. The molecule has 5 nitrogen and oxygen atoms in total. The lowest BCUT2D eigenvalue weighted by Gasteiger charge is -2.27. The van der Waals surface area contributed by atoms with Gasteiger partial charge in [0.1, 0.15) is 5.75 Å². The lowest BCUT2D eigenvalue weighted by molar-refractivity contribution is -0.140. The molecule has 0 radical (unpaired) electrons. The Kier molecular flexibility index (Phi) is 3.56. The van der Waals surface area contributed by atoms with Gasteiger partial charge in [-0.05, 0) is 11.5 Å². The van der Waals surface area contributed by atoms with Gasteiger partial charge in [0.15, 0.2) is 0 Å². The number of nitrogens with one attached hydrogen (secondary N) is 1. The first-order valence-corrected chi connectivity index (χ1v) is 7.66. The van der Waals surface area contributed by atoms with E-state index in [1.807, 2.05) is 26.0 Å². The Hall–Kier alpha value is -1.75. The molecule has 2 N–H and O–H groups in total. The summed E-state index contributed by atoms with van der Waals surface area (Å²) in [7, 11) is 0. The van der Waals surface area contributed by atoms with E-state index >= 15 is 0 Å². The number of carbonyl (C=O) groups is 2. The van der Waals surface area contributed by atoms with Crippen molar-refractivity contribution in [2.45, 2.75) is 26.3 Å². The maximum atomic E-state index is 12.5. The Morgan fingerprint density at radius 2 is 2.09 bits per heavy atom. The zero-order chi connectivity index (χ0) is 16.1. The van der Waals surface area contributed by atoms with Crippen molar-refractivity contribution in [1.82, 2.24) is 5.32 Å². The number of ether oxygens (including phenoxy) is 1. The average molecular weight is 324 g/mol. The Bertz CT molecular complexity index is 643. The van der Waals surface area contributed by atoms with Gasteiger partial charge in [-0.25, -0.2) is 0 Å². The molecular formula is C16H18ClNO4. The molecule has 1 saturated carbocycles. The number of carboxylic acids is 1. The molecule has 1 aromatic rings. The number of amides is 1. The van der Waals surface area contributed by atoms with E-state index in [9.17, 15) is 14.7 Å². The number of halogens is 1. The van der Waals surface area contributed by atoms with E-state index in [0.29, 0.717) is 23.8 Å². The van der Waals surface area contributed by atoms with E-state index in [1.165, 1.54) is 0 Å². The molecule has 0 bridgehead atoms. The molecule has 6 heteroatoms. The molecule has 22 heavy (non-hydrogen) atoms. The van der Waals surface area contributed by atoms with Gasteiger partial charge in [-0.1, -0.05) is 37.6 Å². The van der Waals surface area contributed by atoms with Crippen LogP contribution in [0.2, 0.25) is 5.02 Å². The Morgan fingerprint density at radius 1 is 1.36 bits per heavy atom. The van der Waals surface area contributed by atoms with E-state index in [-0.39, 0.29) is 11.9 Å². The van der Waals surface area contributed by atoms with Crippen molar-refractivity contribution >= 4 is 23.5 Å². The second kappa shape index (κ2) is 5.16. The summed E-state index contributed by atoms with van der Waals surface area (Å²) in [6, 6.07) is 5.24. The predicted octanol–water partition coefficient (Wildman–Crippen LogP) is 2.64. The van der Waals surface area contributed by atoms with Crippen LogP contribution in [0.4, 0.5) is 0 Å². The molecule has 2 aliphatic rings. The summed E-state index contributed by atoms with van der Waals surface area (Å²) in [4.78, 5) is 23.7.